The van der Waals surface area contributed by atoms with Crippen molar-refractivity contribution in [3.05, 3.63) is 59.7 Å². The molecule has 0 aromatic heterocycles. The molecule has 10 heteroatoms. The molecule has 2 aromatic rings. The van der Waals surface area contributed by atoms with Crippen molar-refractivity contribution in [2.24, 2.45) is 0 Å². The lowest BCUT2D eigenvalue weighted by Crippen LogP contribution is -2.53. The Bertz CT molecular complexity index is 1060. The van der Waals surface area contributed by atoms with Crippen LogP contribution in [0.4, 0.5) is 0 Å². The Kier molecular flexibility index (Phi) is 7.84. The predicted octanol–water partition coefficient (Wildman–Crippen LogP) is 1.17. The molecule has 0 spiro atoms. The summed E-state index contributed by atoms with van der Waals surface area (Å²) in [6, 6.07) is 13.7. The van der Waals surface area contributed by atoms with E-state index < -0.39 is 28.1 Å². The number of hydrogen-bond acceptors (Lipinski definition) is 6. The average molecular weight is 462 g/mol. The van der Waals surface area contributed by atoms with Gasteiger partial charge in [-0.05, 0) is 31.5 Å². The summed E-state index contributed by atoms with van der Waals surface area (Å²) >= 11 is 0. The third-order valence-electron chi connectivity index (χ3n) is 5.06. The van der Waals surface area contributed by atoms with Crippen LogP contribution in [0.1, 0.15) is 17.5 Å². The summed E-state index contributed by atoms with van der Waals surface area (Å²) in [6.45, 7) is 2.46. The number of aryl methyl sites for hydroxylation is 1. The van der Waals surface area contributed by atoms with E-state index >= 15 is 0 Å². The topological polar surface area (TPSA) is 114 Å². The molecule has 3 rings (SSSR count). The Hall–Kier alpha value is -2.95. The van der Waals surface area contributed by atoms with Crippen molar-refractivity contribution in [2.45, 2.75) is 31.0 Å². The van der Waals surface area contributed by atoms with Gasteiger partial charge in [0.1, 0.15) is 12.0 Å². The number of rotatable bonds is 7. The number of benzene rings is 2. The van der Waals surface area contributed by atoms with Crippen molar-refractivity contribution in [1.29, 1.82) is 0 Å². The van der Waals surface area contributed by atoms with Crippen LogP contribution in [0, 0.1) is 6.92 Å². The molecule has 1 fully saturated rings. The van der Waals surface area contributed by atoms with Crippen LogP contribution in [0.3, 0.4) is 0 Å². The number of nitrogens with zero attached hydrogens (tertiary/aromatic N) is 1. The molecule has 1 atom stereocenters. The highest BCUT2D eigenvalue weighted by molar-refractivity contribution is 7.89. The number of nitrogens with one attached hydrogen (secondary N) is 2. The molecule has 0 radical (unpaired) electrons. The summed E-state index contributed by atoms with van der Waals surface area (Å²) in [5.74, 6) is -1.11. The van der Waals surface area contributed by atoms with Crippen LogP contribution in [0.15, 0.2) is 53.4 Å². The van der Waals surface area contributed by atoms with Gasteiger partial charge < -0.3 is 20.1 Å². The summed E-state index contributed by atoms with van der Waals surface area (Å²) in [6.07, 6.45) is -0.365. The molecule has 2 N–H and O–H groups in total. The van der Waals surface area contributed by atoms with Gasteiger partial charge in [-0.25, -0.2) is 8.42 Å². The predicted molar refractivity (Wildman–Crippen MR) is 117 cm³/mol. The van der Waals surface area contributed by atoms with Crippen LogP contribution >= 0.6 is 0 Å². The number of carbonyl (C=O) groups is 2. The smallest absolute Gasteiger partial charge is 0.309 e. The van der Waals surface area contributed by atoms with Crippen molar-refractivity contribution in [3.8, 4) is 5.75 Å². The standard InChI is InChI=1S/C22H27N3O6S/c1-16-8-10-18(11-9-16)32(28,29)25-12-5-13-31-20(25)15-24-22(27)21(26)23-14-17-6-3-4-7-19(17)30-2/h3-4,6-11,20H,5,12-15H2,1-2H3,(H,23,26)(H,24,27)/t20-/m0/s1. The summed E-state index contributed by atoms with van der Waals surface area (Å²) in [7, 11) is -2.29. The molecule has 1 saturated heterocycles. The fourth-order valence-corrected chi connectivity index (χ4v) is 4.88. The molecular formula is C22H27N3O6S. The molecule has 32 heavy (non-hydrogen) atoms. The normalized spacial score (nSPS) is 16.9. The van der Waals surface area contributed by atoms with E-state index in [9.17, 15) is 18.0 Å². The number of amides is 2. The number of hydrogen-bond donors (Lipinski definition) is 2. The van der Waals surface area contributed by atoms with Gasteiger partial charge in [0.15, 0.2) is 0 Å². The first-order chi connectivity index (χ1) is 15.3. The molecule has 0 bridgehead atoms. The molecule has 0 aliphatic carbocycles. The van der Waals surface area contributed by atoms with Crippen LogP contribution in [-0.4, -0.2) is 57.6 Å². The van der Waals surface area contributed by atoms with E-state index in [4.69, 9.17) is 9.47 Å². The van der Waals surface area contributed by atoms with E-state index in [1.165, 1.54) is 11.4 Å². The van der Waals surface area contributed by atoms with Gasteiger partial charge in [-0.2, -0.15) is 4.31 Å². The molecule has 172 valence electrons. The van der Waals surface area contributed by atoms with Crippen LogP contribution < -0.4 is 15.4 Å². The van der Waals surface area contributed by atoms with Crippen LogP contribution in [-0.2, 0) is 30.9 Å². The van der Waals surface area contributed by atoms with Gasteiger partial charge in [0.05, 0.1) is 25.2 Å². The Labute approximate surface area is 187 Å². The largest absolute Gasteiger partial charge is 0.496 e. The highest BCUT2D eigenvalue weighted by Gasteiger charge is 2.34. The Morgan fingerprint density at radius 1 is 1.09 bits per heavy atom. The van der Waals surface area contributed by atoms with Gasteiger partial charge in [-0.1, -0.05) is 35.9 Å². The zero-order valence-corrected chi connectivity index (χ0v) is 18.9. The lowest BCUT2D eigenvalue weighted by atomic mass is 10.2. The zero-order chi connectivity index (χ0) is 23.1. The number of ether oxygens (including phenoxy) is 2. The van der Waals surface area contributed by atoms with Gasteiger partial charge in [0.25, 0.3) is 0 Å². The third kappa shape index (κ3) is 5.64. The molecule has 2 aromatic carbocycles. The van der Waals surface area contributed by atoms with Gasteiger partial charge in [0, 0.05) is 18.7 Å². The minimum absolute atomic E-state index is 0.115. The Balaban J connectivity index is 1.59. The summed E-state index contributed by atoms with van der Waals surface area (Å²) < 4.78 is 38.1. The van der Waals surface area contributed by atoms with Crippen molar-refractivity contribution < 1.29 is 27.5 Å². The highest BCUT2D eigenvalue weighted by Crippen LogP contribution is 2.22. The number of sulfonamides is 1. The maximum atomic E-state index is 13.0. The SMILES string of the molecule is COc1ccccc1CNC(=O)C(=O)NC[C@@H]1OCCCN1S(=O)(=O)c1ccc(C)cc1. The summed E-state index contributed by atoms with van der Waals surface area (Å²) in [5, 5.41) is 5.00. The first-order valence-corrected chi connectivity index (χ1v) is 11.6. The van der Waals surface area contributed by atoms with Crippen LogP contribution in [0.5, 0.6) is 5.75 Å². The molecule has 9 nitrogen and oxygen atoms in total. The van der Waals surface area contributed by atoms with Crippen molar-refractivity contribution in [2.75, 3.05) is 26.8 Å². The highest BCUT2D eigenvalue weighted by atomic mass is 32.2. The monoisotopic (exact) mass is 461 g/mol. The van der Waals surface area contributed by atoms with Gasteiger partial charge in [-0.3, -0.25) is 9.59 Å². The second kappa shape index (κ2) is 10.6. The van der Waals surface area contributed by atoms with E-state index in [0.29, 0.717) is 18.8 Å². The summed E-state index contributed by atoms with van der Waals surface area (Å²) in [5.41, 5.74) is 1.67. The van der Waals surface area contributed by atoms with Gasteiger partial charge >= 0.3 is 11.8 Å². The van der Waals surface area contributed by atoms with E-state index in [-0.39, 0.29) is 24.5 Å². The first kappa shape index (κ1) is 23.7. The lowest BCUT2D eigenvalue weighted by Gasteiger charge is -2.34. The number of para-hydroxylation sites is 1. The second-order valence-corrected chi connectivity index (χ2v) is 9.20. The van der Waals surface area contributed by atoms with E-state index in [1.54, 1.807) is 48.5 Å². The minimum Gasteiger partial charge on any atom is -0.496 e. The third-order valence-corrected chi connectivity index (χ3v) is 6.96. The second-order valence-electron chi connectivity index (χ2n) is 7.31. The van der Waals surface area contributed by atoms with E-state index in [1.807, 2.05) is 6.92 Å². The minimum atomic E-state index is -3.81. The molecular weight excluding hydrogens is 434 g/mol. The van der Waals surface area contributed by atoms with Crippen LogP contribution in [0.2, 0.25) is 0 Å². The quantitative estimate of drug-likeness (QED) is 0.599. The number of carbonyl (C=O) groups excluding carboxylic acids is 2. The molecule has 1 aliphatic rings. The molecule has 0 unspecified atom stereocenters. The Morgan fingerprint density at radius 3 is 2.50 bits per heavy atom. The van der Waals surface area contributed by atoms with Crippen LogP contribution in [0.25, 0.3) is 0 Å². The molecule has 2 amide bonds. The van der Waals surface area contributed by atoms with E-state index in [2.05, 4.69) is 10.6 Å². The van der Waals surface area contributed by atoms with Gasteiger partial charge in [-0.15, -0.1) is 0 Å². The fourth-order valence-electron chi connectivity index (χ4n) is 3.31. The molecule has 1 aliphatic heterocycles. The van der Waals surface area contributed by atoms with Crippen molar-refractivity contribution in [1.82, 2.24) is 14.9 Å². The molecule has 1 heterocycles. The molecule has 0 saturated carbocycles. The first-order valence-electron chi connectivity index (χ1n) is 10.2. The maximum absolute atomic E-state index is 13.0. The average Bonchev–Trinajstić information content (AvgIpc) is 2.81. The Morgan fingerprint density at radius 2 is 1.78 bits per heavy atom. The fraction of sp³-hybridized carbons (Fsp3) is 0.364. The van der Waals surface area contributed by atoms with Crippen molar-refractivity contribution >= 4 is 21.8 Å². The van der Waals surface area contributed by atoms with Gasteiger partial charge in [0.2, 0.25) is 10.0 Å². The van der Waals surface area contributed by atoms with E-state index in [0.717, 1.165) is 11.1 Å². The van der Waals surface area contributed by atoms with Crippen molar-refractivity contribution in [3.63, 3.8) is 0 Å². The zero-order valence-electron chi connectivity index (χ0n) is 18.0. The lowest BCUT2D eigenvalue weighted by molar-refractivity contribution is -0.140. The number of methoxy groups -OCH3 is 1. The maximum Gasteiger partial charge on any atom is 0.309 e. The summed E-state index contributed by atoms with van der Waals surface area (Å²) in [4.78, 5) is 24.6.